The predicted octanol–water partition coefficient (Wildman–Crippen LogP) is 3.38. The standard InChI is InChI=1S/C20H28N4O/c1-14(2)19-22-10-11-24(19)13-16-6-4-7-17(12-16)23-20(25)18-8-5-9-21-15(18)3/h4,6-7,10-12,14-15,18,21H,5,8-9,13H2,1-3H3,(H,23,25)/t15-,18-/m1/s1. The molecular weight excluding hydrogens is 312 g/mol. The summed E-state index contributed by atoms with van der Waals surface area (Å²) >= 11 is 0. The van der Waals surface area contributed by atoms with Gasteiger partial charge >= 0.3 is 0 Å². The first-order chi connectivity index (χ1) is 12.0. The van der Waals surface area contributed by atoms with Gasteiger partial charge in [0.15, 0.2) is 0 Å². The van der Waals surface area contributed by atoms with Gasteiger partial charge in [0.2, 0.25) is 5.91 Å². The second-order valence-electron chi connectivity index (χ2n) is 7.25. The van der Waals surface area contributed by atoms with E-state index < -0.39 is 0 Å². The normalized spacial score (nSPS) is 20.6. The van der Waals surface area contributed by atoms with Crippen LogP contribution in [0.3, 0.4) is 0 Å². The van der Waals surface area contributed by atoms with Gasteiger partial charge in [-0.1, -0.05) is 26.0 Å². The number of carbonyl (C=O) groups is 1. The number of aromatic nitrogens is 2. The van der Waals surface area contributed by atoms with E-state index in [1.807, 2.05) is 24.5 Å². The maximum atomic E-state index is 12.6. The van der Waals surface area contributed by atoms with Crippen LogP contribution in [-0.2, 0) is 11.3 Å². The lowest BCUT2D eigenvalue weighted by Gasteiger charge is -2.28. The fourth-order valence-corrected chi connectivity index (χ4v) is 3.54. The van der Waals surface area contributed by atoms with Gasteiger partial charge in [-0.3, -0.25) is 4.79 Å². The van der Waals surface area contributed by atoms with Crippen molar-refractivity contribution >= 4 is 11.6 Å². The zero-order valence-electron chi connectivity index (χ0n) is 15.3. The molecule has 0 saturated carbocycles. The van der Waals surface area contributed by atoms with E-state index in [-0.39, 0.29) is 17.9 Å². The molecule has 1 aromatic heterocycles. The van der Waals surface area contributed by atoms with Crippen LogP contribution in [0.15, 0.2) is 36.7 Å². The summed E-state index contributed by atoms with van der Waals surface area (Å²) in [7, 11) is 0. The van der Waals surface area contributed by atoms with Crippen molar-refractivity contribution in [2.24, 2.45) is 5.92 Å². The number of amides is 1. The molecule has 1 aromatic carbocycles. The van der Waals surface area contributed by atoms with Gasteiger partial charge in [-0.2, -0.15) is 0 Å². The summed E-state index contributed by atoms with van der Waals surface area (Å²) in [6, 6.07) is 8.34. The number of carbonyl (C=O) groups excluding carboxylic acids is 1. The van der Waals surface area contributed by atoms with Crippen molar-refractivity contribution in [2.75, 3.05) is 11.9 Å². The van der Waals surface area contributed by atoms with Gasteiger partial charge in [-0.15, -0.1) is 0 Å². The minimum absolute atomic E-state index is 0.0404. The Balaban J connectivity index is 1.69. The number of nitrogens with zero attached hydrogens (tertiary/aromatic N) is 2. The first-order valence-corrected chi connectivity index (χ1v) is 9.19. The molecule has 134 valence electrons. The summed E-state index contributed by atoms with van der Waals surface area (Å²) < 4.78 is 2.17. The van der Waals surface area contributed by atoms with Crippen LogP contribution in [0.5, 0.6) is 0 Å². The number of anilines is 1. The Bertz CT molecular complexity index is 722. The Morgan fingerprint density at radius 3 is 3.04 bits per heavy atom. The van der Waals surface area contributed by atoms with Crippen LogP contribution in [0, 0.1) is 5.92 Å². The molecule has 2 N–H and O–H groups in total. The van der Waals surface area contributed by atoms with E-state index >= 15 is 0 Å². The van der Waals surface area contributed by atoms with Crippen molar-refractivity contribution in [1.29, 1.82) is 0 Å². The first kappa shape index (κ1) is 17.7. The summed E-state index contributed by atoms with van der Waals surface area (Å²) in [5, 5.41) is 6.48. The third-order valence-electron chi connectivity index (χ3n) is 4.91. The summed E-state index contributed by atoms with van der Waals surface area (Å²) in [6.07, 6.45) is 5.86. The van der Waals surface area contributed by atoms with E-state index in [9.17, 15) is 4.79 Å². The number of imidazole rings is 1. The highest BCUT2D eigenvalue weighted by atomic mass is 16.1. The average Bonchev–Trinajstić information content (AvgIpc) is 3.04. The van der Waals surface area contributed by atoms with Crippen LogP contribution in [-0.4, -0.2) is 28.0 Å². The van der Waals surface area contributed by atoms with Gasteiger partial charge in [0.05, 0.1) is 5.92 Å². The predicted molar refractivity (Wildman–Crippen MR) is 101 cm³/mol. The molecule has 1 saturated heterocycles. The maximum Gasteiger partial charge on any atom is 0.229 e. The van der Waals surface area contributed by atoms with E-state index in [4.69, 9.17) is 0 Å². The van der Waals surface area contributed by atoms with Crippen LogP contribution < -0.4 is 10.6 Å². The van der Waals surface area contributed by atoms with Crippen LogP contribution in [0.2, 0.25) is 0 Å². The topological polar surface area (TPSA) is 59.0 Å². The smallest absolute Gasteiger partial charge is 0.229 e. The molecule has 2 atom stereocenters. The molecule has 0 spiro atoms. The number of piperidine rings is 1. The summed E-state index contributed by atoms with van der Waals surface area (Å²) in [5.41, 5.74) is 2.03. The van der Waals surface area contributed by atoms with Gasteiger partial charge in [0, 0.05) is 36.6 Å². The molecule has 1 aliphatic rings. The second kappa shape index (κ2) is 7.83. The fraction of sp³-hybridized carbons (Fsp3) is 0.500. The van der Waals surface area contributed by atoms with Crippen molar-refractivity contribution < 1.29 is 4.79 Å². The van der Waals surface area contributed by atoms with E-state index in [2.05, 4.69) is 53.1 Å². The highest BCUT2D eigenvalue weighted by Gasteiger charge is 2.27. The molecule has 3 rings (SSSR count). The highest BCUT2D eigenvalue weighted by molar-refractivity contribution is 5.93. The molecule has 2 heterocycles. The van der Waals surface area contributed by atoms with Crippen molar-refractivity contribution in [1.82, 2.24) is 14.9 Å². The molecule has 0 radical (unpaired) electrons. The fourth-order valence-electron chi connectivity index (χ4n) is 3.54. The van der Waals surface area contributed by atoms with E-state index in [1.165, 1.54) is 0 Å². The Kier molecular flexibility index (Phi) is 5.53. The molecule has 5 heteroatoms. The van der Waals surface area contributed by atoms with Gasteiger partial charge in [0.25, 0.3) is 0 Å². The monoisotopic (exact) mass is 340 g/mol. The molecule has 1 amide bonds. The van der Waals surface area contributed by atoms with Crippen LogP contribution in [0.1, 0.15) is 50.9 Å². The molecule has 1 fully saturated rings. The van der Waals surface area contributed by atoms with E-state index in [1.54, 1.807) is 0 Å². The largest absolute Gasteiger partial charge is 0.330 e. The van der Waals surface area contributed by atoms with Crippen molar-refractivity contribution in [3.63, 3.8) is 0 Å². The number of benzene rings is 1. The lowest BCUT2D eigenvalue weighted by Crippen LogP contribution is -2.44. The second-order valence-corrected chi connectivity index (χ2v) is 7.25. The lowest BCUT2D eigenvalue weighted by atomic mass is 9.91. The molecule has 0 bridgehead atoms. The molecule has 0 aliphatic carbocycles. The zero-order chi connectivity index (χ0) is 17.8. The Hall–Kier alpha value is -2.14. The van der Waals surface area contributed by atoms with Crippen molar-refractivity contribution in [3.8, 4) is 0 Å². The molecule has 2 aromatic rings. The van der Waals surface area contributed by atoms with Gasteiger partial charge in [-0.05, 0) is 44.0 Å². The Morgan fingerprint density at radius 2 is 2.28 bits per heavy atom. The third kappa shape index (κ3) is 4.28. The van der Waals surface area contributed by atoms with Crippen molar-refractivity contribution in [2.45, 2.75) is 52.1 Å². The summed E-state index contributed by atoms with van der Waals surface area (Å²) in [4.78, 5) is 17.0. The lowest BCUT2D eigenvalue weighted by molar-refractivity contribution is -0.121. The number of hydrogen-bond donors (Lipinski definition) is 2. The molecule has 1 aliphatic heterocycles. The number of nitrogens with one attached hydrogen (secondary N) is 2. The Morgan fingerprint density at radius 1 is 1.44 bits per heavy atom. The third-order valence-corrected chi connectivity index (χ3v) is 4.91. The quantitative estimate of drug-likeness (QED) is 0.877. The van der Waals surface area contributed by atoms with Gasteiger partial charge in [0.1, 0.15) is 5.82 Å². The summed E-state index contributed by atoms with van der Waals surface area (Å²) in [5.74, 6) is 1.62. The van der Waals surface area contributed by atoms with Gasteiger partial charge < -0.3 is 15.2 Å². The van der Waals surface area contributed by atoms with Gasteiger partial charge in [-0.25, -0.2) is 4.98 Å². The van der Waals surface area contributed by atoms with Crippen LogP contribution in [0.25, 0.3) is 0 Å². The highest BCUT2D eigenvalue weighted by Crippen LogP contribution is 2.20. The van der Waals surface area contributed by atoms with Crippen LogP contribution >= 0.6 is 0 Å². The molecule has 0 unspecified atom stereocenters. The maximum absolute atomic E-state index is 12.6. The number of hydrogen-bond acceptors (Lipinski definition) is 3. The van der Waals surface area contributed by atoms with E-state index in [0.29, 0.717) is 5.92 Å². The SMILES string of the molecule is CC(C)c1nccn1Cc1cccc(NC(=O)[C@@H]2CCCN[C@@H]2C)c1. The minimum Gasteiger partial charge on any atom is -0.330 e. The first-order valence-electron chi connectivity index (χ1n) is 9.19. The van der Waals surface area contributed by atoms with E-state index in [0.717, 1.165) is 43.0 Å². The minimum atomic E-state index is 0.0404. The average molecular weight is 340 g/mol. The molecule has 25 heavy (non-hydrogen) atoms. The number of rotatable bonds is 5. The van der Waals surface area contributed by atoms with Crippen LogP contribution in [0.4, 0.5) is 5.69 Å². The van der Waals surface area contributed by atoms with Crippen molar-refractivity contribution in [3.05, 3.63) is 48.0 Å². The zero-order valence-corrected chi connectivity index (χ0v) is 15.3. The summed E-state index contributed by atoms with van der Waals surface area (Å²) in [6.45, 7) is 8.15. The molecule has 5 nitrogen and oxygen atoms in total. The Labute approximate surface area is 149 Å². The molecular formula is C20H28N4O.